The second-order valence-corrected chi connectivity index (χ2v) is 4.03. The molecule has 0 saturated carbocycles. The van der Waals surface area contributed by atoms with Crippen LogP contribution in [0.2, 0.25) is 0 Å². The first-order valence-electron chi connectivity index (χ1n) is 4.99. The monoisotopic (exact) mass is 208 g/mol. The first kappa shape index (κ1) is 11.6. The van der Waals surface area contributed by atoms with Gasteiger partial charge in [0, 0.05) is 5.56 Å². The summed E-state index contributed by atoms with van der Waals surface area (Å²) in [4.78, 5) is 10.8. The Morgan fingerprint density at radius 1 is 1.27 bits per heavy atom. The fraction of sp³-hybridized carbons (Fsp3) is 0.417. The largest absolute Gasteiger partial charge is 0.508 e. The molecule has 0 amide bonds. The van der Waals surface area contributed by atoms with E-state index in [1.807, 2.05) is 19.9 Å². The highest BCUT2D eigenvalue weighted by molar-refractivity contribution is 5.76. The van der Waals surface area contributed by atoms with Crippen molar-refractivity contribution in [3.63, 3.8) is 0 Å². The minimum atomic E-state index is -0.928. The summed E-state index contributed by atoms with van der Waals surface area (Å²) in [5.41, 5.74) is 1.47. The van der Waals surface area contributed by atoms with Gasteiger partial charge in [-0.25, -0.2) is 0 Å². The number of carboxylic acids is 1. The summed E-state index contributed by atoms with van der Waals surface area (Å²) < 4.78 is 0. The molecule has 0 bridgehead atoms. The molecule has 15 heavy (non-hydrogen) atoms. The third kappa shape index (κ3) is 2.49. The van der Waals surface area contributed by atoms with E-state index in [4.69, 9.17) is 5.11 Å². The second kappa shape index (κ2) is 4.34. The lowest BCUT2D eigenvalue weighted by Crippen LogP contribution is -2.07. The summed E-state index contributed by atoms with van der Waals surface area (Å²) in [6.07, 6.45) is 0. The lowest BCUT2D eigenvalue weighted by atomic mass is 9.95. The van der Waals surface area contributed by atoms with E-state index in [0.29, 0.717) is 11.5 Å². The maximum absolute atomic E-state index is 10.8. The zero-order chi connectivity index (χ0) is 11.6. The zero-order valence-corrected chi connectivity index (χ0v) is 9.19. The van der Waals surface area contributed by atoms with Gasteiger partial charge in [-0.1, -0.05) is 26.0 Å². The Kier molecular flexibility index (Phi) is 3.35. The summed E-state index contributed by atoms with van der Waals surface area (Å²) >= 11 is 0. The van der Waals surface area contributed by atoms with E-state index >= 15 is 0 Å². The van der Waals surface area contributed by atoms with Crippen LogP contribution in [0.15, 0.2) is 18.2 Å². The third-order valence-corrected chi connectivity index (χ3v) is 2.56. The molecule has 82 valence electrons. The van der Waals surface area contributed by atoms with Gasteiger partial charge in [-0.2, -0.15) is 0 Å². The lowest BCUT2D eigenvalue weighted by molar-refractivity contribution is -0.138. The van der Waals surface area contributed by atoms with Gasteiger partial charge < -0.3 is 10.2 Å². The van der Waals surface area contributed by atoms with Crippen LogP contribution in [0, 0.1) is 0 Å². The van der Waals surface area contributed by atoms with Gasteiger partial charge in [0.1, 0.15) is 5.75 Å². The van der Waals surface area contributed by atoms with Gasteiger partial charge in [0.2, 0.25) is 0 Å². The van der Waals surface area contributed by atoms with Crippen molar-refractivity contribution < 1.29 is 15.0 Å². The number of hydrogen-bond donors (Lipinski definition) is 2. The molecule has 0 spiro atoms. The van der Waals surface area contributed by atoms with Crippen LogP contribution in [0.25, 0.3) is 0 Å². The number of hydrogen-bond acceptors (Lipinski definition) is 2. The number of phenolic OH excluding ortho intramolecular Hbond substituents is 1. The number of carbonyl (C=O) groups is 1. The fourth-order valence-corrected chi connectivity index (χ4v) is 1.42. The summed E-state index contributed by atoms with van der Waals surface area (Å²) in [5, 5.41) is 18.5. The van der Waals surface area contributed by atoms with E-state index in [9.17, 15) is 9.90 Å². The average Bonchev–Trinajstić information content (AvgIpc) is 2.16. The number of aromatic hydroxyl groups is 1. The van der Waals surface area contributed by atoms with E-state index in [0.717, 1.165) is 5.56 Å². The summed E-state index contributed by atoms with van der Waals surface area (Å²) in [6.45, 7) is 5.61. The van der Waals surface area contributed by atoms with Crippen LogP contribution in [0.4, 0.5) is 0 Å². The van der Waals surface area contributed by atoms with E-state index in [-0.39, 0.29) is 5.75 Å². The minimum absolute atomic E-state index is 0.0658. The van der Waals surface area contributed by atoms with Crippen molar-refractivity contribution in [1.29, 1.82) is 0 Å². The average molecular weight is 208 g/mol. The SMILES string of the molecule is CC(C)c1ccc(C(C)C(=O)O)c(O)c1. The van der Waals surface area contributed by atoms with Gasteiger partial charge in [-0.15, -0.1) is 0 Å². The Labute approximate surface area is 89.4 Å². The van der Waals surface area contributed by atoms with Gasteiger partial charge in [0.05, 0.1) is 5.92 Å². The number of benzene rings is 1. The Hall–Kier alpha value is -1.51. The Morgan fingerprint density at radius 2 is 1.87 bits per heavy atom. The number of carboxylic acid groups (broad SMARTS) is 1. The van der Waals surface area contributed by atoms with Crippen LogP contribution in [0.1, 0.15) is 43.7 Å². The summed E-state index contributed by atoms with van der Waals surface area (Å²) in [5.74, 6) is -1.21. The molecule has 2 N–H and O–H groups in total. The molecule has 0 aromatic heterocycles. The van der Waals surface area contributed by atoms with Crippen molar-refractivity contribution in [1.82, 2.24) is 0 Å². The van der Waals surface area contributed by atoms with Crippen molar-refractivity contribution >= 4 is 5.97 Å². The van der Waals surface area contributed by atoms with Gasteiger partial charge in [-0.05, 0) is 24.5 Å². The maximum atomic E-state index is 10.8. The molecule has 3 heteroatoms. The smallest absolute Gasteiger partial charge is 0.310 e. The molecular weight excluding hydrogens is 192 g/mol. The molecule has 0 heterocycles. The maximum Gasteiger partial charge on any atom is 0.310 e. The number of rotatable bonds is 3. The van der Waals surface area contributed by atoms with Crippen LogP contribution in [0.5, 0.6) is 5.75 Å². The van der Waals surface area contributed by atoms with Crippen LogP contribution < -0.4 is 0 Å². The normalized spacial score (nSPS) is 12.8. The third-order valence-electron chi connectivity index (χ3n) is 2.56. The quantitative estimate of drug-likeness (QED) is 0.802. The summed E-state index contributed by atoms with van der Waals surface area (Å²) in [7, 11) is 0. The Balaban J connectivity index is 3.08. The fourth-order valence-electron chi connectivity index (χ4n) is 1.42. The molecule has 1 atom stereocenters. The van der Waals surface area contributed by atoms with E-state index in [1.165, 1.54) is 0 Å². The molecular formula is C12H16O3. The molecule has 0 radical (unpaired) electrons. The van der Waals surface area contributed by atoms with Crippen molar-refractivity contribution in [2.45, 2.75) is 32.6 Å². The van der Waals surface area contributed by atoms with Gasteiger partial charge >= 0.3 is 5.97 Å². The summed E-state index contributed by atoms with van der Waals surface area (Å²) in [6, 6.07) is 5.18. The van der Waals surface area contributed by atoms with Crippen LogP contribution >= 0.6 is 0 Å². The van der Waals surface area contributed by atoms with Gasteiger partial charge in [0.25, 0.3) is 0 Å². The van der Waals surface area contributed by atoms with E-state index in [2.05, 4.69) is 0 Å². The van der Waals surface area contributed by atoms with Crippen LogP contribution in [0.3, 0.4) is 0 Å². The lowest BCUT2D eigenvalue weighted by Gasteiger charge is -2.12. The number of phenols is 1. The first-order chi connectivity index (χ1) is 6.93. The van der Waals surface area contributed by atoms with Crippen molar-refractivity contribution in [2.24, 2.45) is 0 Å². The molecule has 3 nitrogen and oxygen atoms in total. The zero-order valence-electron chi connectivity index (χ0n) is 9.19. The van der Waals surface area contributed by atoms with Crippen LogP contribution in [-0.2, 0) is 4.79 Å². The topological polar surface area (TPSA) is 57.5 Å². The molecule has 0 aliphatic rings. The van der Waals surface area contributed by atoms with Crippen molar-refractivity contribution in [3.8, 4) is 5.75 Å². The molecule has 1 aromatic carbocycles. The highest BCUT2D eigenvalue weighted by Crippen LogP contribution is 2.29. The molecule has 1 unspecified atom stereocenters. The van der Waals surface area contributed by atoms with Crippen molar-refractivity contribution in [3.05, 3.63) is 29.3 Å². The molecule has 0 fully saturated rings. The predicted octanol–water partition coefficient (Wildman–Crippen LogP) is 2.70. The standard InChI is InChI=1S/C12H16O3/c1-7(2)9-4-5-10(11(13)6-9)8(3)12(14)15/h4-8,13H,1-3H3,(H,14,15). The Bertz CT molecular complexity index is 369. The highest BCUT2D eigenvalue weighted by atomic mass is 16.4. The number of aliphatic carboxylic acids is 1. The first-order valence-corrected chi connectivity index (χ1v) is 4.99. The van der Waals surface area contributed by atoms with E-state index in [1.54, 1.807) is 19.1 Å². The highest BCUT2D eigenvalue weighted by Gasteiger charge is 2.17. The Morgan fingerprint density at radius 3 is 2.27 bits per heavy atom. The predicted molar refractivity (Wildman–Crippen MR) is 58.2 cm³/mol. The van der Waals surface area contributed by atoms with Gasteiger partial charge in [-0.3, -0.25) is 4.79 Å². The van der Waals surface area contributed by atoms with Crippen LogP contribution in [-0.4, -0.2) is 16.2 Å². The van der Waals surface area contributed by atoms with E-state index < -0.39 is 11.9 Å². The molecule has 0 saturated heterocycles. The second-order valence-electron chi connectivity index (χ2n) is 4.03. The molecule has 0 aliphatic heterocycles. The molecule has 1 rings (SSSR count). The van der Waals surface area contributed by atoms with Gasteiger partial charge in [0.15, 0.2) is 0 Å². The molecule has 0 aliphatic carbocycles. The van der Waals surface area contributed by atoms with Crippen molar-refractivity contribution in [2.75, 3.05) is 0 Å². The molecule has 1 aromatic rings. The minimum Gasteiger partial charge on any atom is -0.508 e.